The number of anilines is 1. The minimum atomic E-state index is -4.07. The second-order valence-electron chi connectivity index (χ2n) is 11.4. The number of fused-ring (bicyclic) bond motifs is 1. The molecule has 0 spiro atoms. The molecule has 0 amide bonds. The van der Waals surface area contributed by atoms with Crippen molar-refractivity contribution >= 4 is 26.6 Å². The number of benzene rings is 2. The Morgan fingerprint density at radius 3 is 2.57 bits per heavy atom. The predicted molar refractivity (Wildman–Crippen MR) is 159 cm³/mol. The van der Waals surface area contributed by atoms with E-state index in [-0.39, 0.29) is 28.3 Å². The van der Waals surface area contributed by atoms with Gasteiger partial charge in [0, 0.05) is 48.4 Å². The number of hydrogen-bond donors (Lipinski definition) is 2. The average Bonchev–Trinajstić information content (AvgIpc) is 3.83. The van der Waals surface area contributed by atoms with E-state index in [2.05, 4.69) is 21.6 Å². The Hall–Kier alpha value is -3.76. The van der Waals surface area contributed by atoms with Crippen LogP contribution in [0.15, 0.2) is 75.2 Å². The lowest BCUT2D eigenvalue weighted by atomic mass is 9.84. The first kappa shape index (κ1) is 28.4. The van der Waals surface area contributed by atoms with Gasteiger partial charge in [-0.3, -0.25) is 4.72 Å². The van der Waals surface area contributed by atoms with Crippen molar-refractivity contribution in [1.29, 1.82) is 0 Å². The summed E-state index contributed by atoms with van der Waals surface area (Å²) in [5.74, 6) is 0.703. The Bertz CT molecular complexity index is 1740. The zero-order valence-electron chi connectivity index (χ0n) is 23.5. The van der Waals surface area contributed by atoms with E-state index in [1.54, 1.807) is 36.4 Å². The van der Waals surface area contributed by atoms with E-state index in [0.717, 1.165) is 62.7 Å². The molecule has 9 nitrogen and oxygen atoms in total. The third-order valence-electron chi connectivity index (χ3n) is 8.45. The van der Waals surface area contributed by atoms with Crippen LogP contribution in [0.2, 0.25) is 0 Å². The van der Waals surface area contributed by atoms with Gasteiger partial charge in [-0.05, 0) is 74.1 Å². The number of sulfonamides is 1. The van der Waals surface area contributed by atoms with Crippen LogP contribution in [0.25, 0.3) is 10.9 Å². The first-order valence-corrected chi connectivity index (χ1v) is 16.1. The Morgan fingerprint density at radius 1 is 1.05 bits per heavy atom. The van der Waals surface area contributed by atoms with E-state index in [0.29, 0.717) is 22.9 Å². The fraction of sp³-hybridized carbons (Fsp3) is 0.406. The van der Waals surface area contributed by atoms with E-state index in [9.17, 15) is 18.3 Å². The number of rotatable bonds is 10. The first-order valence-electron chi connectivity index (χ1n) is 14.6. The van der Waals surface area contributed by atoms with Gasteiger partial charge in [0.1, 0.15) is 11.5 Å². The molecule has 1 saturated carbocycles. The van der Waals surface area contributed by atoms with Crippen molar-refractivity contribution in [2.75, 3.05) is 17.9 Å². The third-order valence-corrected chi connectivity index (χ3v) is 9.63. The van der Waals surface area contributed by atoms with Crippen LogP contribution < -0.4 is 10.3 Å². The first-order chi connectivity index (χ1) is 20.3. The second kappa shape index (κ2) is 11.9. The van der Waals surface area contributed by atoms with Gasteiger partial charge in [0.15, 0.2) is 0 Å². The summed E-state index contributed by atoms with van der Waals surface area (Å²) in [7, 11) is -4.07. The molecule has 0 bridgehead atoms. The summed E-state index contributed by atoms with van der Waals surface area (Å²) in [5.41, 5.74) is 1.25. The highest BCUT2D eigenvalue weighted by atomic mass is 32.2. The van der Waals surface area contributed by atoms with Crippen molar-refractivity contribution in [3.63, 3.8) is 0 Å². The van der Waals surface area contributed by atoms with Crippen LogP contribution in [0, 0.1) is 11.8 Å². The summed E-state index contributed by atoms with van der Waals surface area (Å²) in [6, 6.07) is 15.7. The van der Waals surface area contributed by atoms with E-state index >= 15 is 0 Å². The Morgan fingerprint density at radius 2 is 1.83 bits per heavy atom. The van der Waals surface area contributed by atoms with Gasteiger partial charge in [-0.25, -0.2) is 14.8 Å². The molecule has 10 heteroatoms. The molecular weight excluding hydrogens is 554 g/mol. The Labute approximate surface area is 245 Å². The summed E-state index contributed by atoms with van der Waals surface area (Å²) in [4.78, 5) is 21.7. The molecule has 220 valence electrons. The number of para-hydroxylation sites is 1. The molecular formula is C32H35N3O6S. The molecule has 42 heavy (non-hydrogen) atoms. The van der Waals surface area contributed by atoms with E-state index in [1.807, 2.05) is 18.2 Å². The quantitative estimate of drug-likeness (QED) is 0.217. The lowest BCUT2D eigenvalue weighted by molar-refractivity contribution is 0.0606. The monoisotopic (exact) mass is 589 g/mol. The molecule has 1 aliphatic heterocycles. The number of ether oxygens (including phenoxy) is 1. The lowest BCUT2D eigenvalue weighted by Gasteiger charge is -2.26. The molecule has 4 aromatic rings. The summed E-state index contributed by atoms with van der Waals surface area (Å²) in [6.45, 7) is 3.57. The standard InChI is InChI=1S/C32H35N3O6S/c1-2-21(16-20-12-14-40-15-13-20)28-18-27(36)30(31(37)41-28)29(22-10-11-22)23-7-5-8-25(17-23)35-42(38,39)32-33-19-24-6-3-4-9-26(24)34-32/h3-9,17-22,29,35-36H,2,10-16H2,1H3. The maximum atomic E-state index is 13.5. The van der Waals surface area contributed by atoms with Crippen LogP contribution in [0.4, 0.5) is 5.69 Å². The topological polar surface area (TPSA) is 132 Å². The Kier molecular flexibility index (Phi) is 8.00. The highest BCUT2D eigenvalue weighted by Crippen LogP contribution is 2.48. The number of hydrogen-bond acceptors (Lipinski definition) is 8. The highest BCUT2D eigenvalue weighted by molar-refractivity contribution is 7.92. The lowest BCUT2D eigenvalue weighted by Crippen LogP contribution is -2.20. The molecule has 0 radical (unpaired) electrons. The molecule has 6 rings (SSSR count). The molecule has 2 aromatic carbocycles. The van der Waals surface area contributed by atoms with Gasteiger partial charge in [0.25, 0.3) is 15.2 Å². The van der Waals surface area contributed by atoms with E-state index in [4.69, 9.17) is 9.15 Å². The number of aromatic hydroxyl groups is 1. The van der Waals surface area contributed by atoms with Crippen LogP contribution in [-0.2, 0) is 14.8 Å². The van der Waals surface area contributed by atoms with Crippen LogP contribution in [0.3, 0.4) is 0 Å². The van der Waals surface area contributed by atoms with Gasteiger partial charge in [0.05, 0.1) is 11.1 Å². The predicted octanol–water partition coefficient (Wildman–Crippen LogP) is 5.94. The van der Waals surface area contributed by atoms with Gasteiger partial charge < -0.3 is 14.3 Å². The average molecular weight is 590 g/mol. The number of aromatic nitrogens is 2. The molecule has 1 saturated heterocycles. The van der Waals surface area contributed by atoms with Crippen molar-refractivity contribution in [1.82, 2.24) is 9.97 Å². The van der Waals surface area contributed by atoms with Crippen molar-refractivity contribution in [3.05, 3.63) is 88.1 Å². The maximum Gasteiger partial charge on any atom is 0.343 e. The molecule has 2 atom stereocenters. The molecule has 1 aliphatic carbocycles. The van der Waals surface area contributed by atoms with E-state index < -0.39 is 21.6 Å². The van der Waals surface area contributed by atoms with Gasteiger partial charge >= 0.3 is 5.63 Å². The number of nitrogens with one attached hydrogen (secondary N) is 1. The molecule has 2 unspecified atom stereocenters. The summed E-state index contributed by atoms with van der Waals surface area (Å²) < 4.78 is 40.3. The minimum absolute atomic E-state index is 0.0372. The summed E-state index contributed by atoms with van der Waals surface area (Å²) in [6.07, 6.45) is 6.93. The maximum absolute atomic E-state index is 13.5. The van der Waals surface area contributed by atoms with Gasteiger partial charge in [-0.1, -0.05) is 37.3 Å². The zero-order chi connectivity index (χ0) is 29.3. The molecule has 2 N–H and O–H groups in total. The molecule has 2 aromatic heterocycles. The van der Waals surface area contributed by atoms with E-state index in [1.165, 1.54) is 6.20 Å². The molecule has 2 fully saturated rings. The van der Waals surface area contributed by atoms with Gasteiger partial charge in [0.2, 0.25) is 0 Å². The second-order valence-corrected chi connectivity index (χ2v) is 13.0. The largest absolute Gasteiger partial charge is 0.507 e. The van der Waals surface area contributed by atoms with Crippen molar-refractivity contribution in [3.8, 4) is 5.75 Å². The molecule has 2 aliphatic rings. The number of nitrogens with zero attached hydrogens (tertiary/aromatic N) is 2. The highest BCUT2D eigenvalue weighted by Gasteiger charge is 2.38. The smallest absolute Gasteiger partial charge is 0.343 e. The SMILES string of the molecule is CCC(CC1CCOCC1)c1cc(O)c(C(c2cccc(NS(=O)(=O)c3ncc4ccccc4n3)c2)C2CC2)c(=O)o1. The third kappa shape index (κ3) is 6.05. The van der Waals surface area contributed by atoms with Crippen LogP contribution in [-0.4, -0.2) is 36.7 Å². The summed E-state index contributed by atoms with van der Waals surface area (Å²) in [5, 5.41) is 11.6. The van der Waals surface area contributed by atoms with Crippen molar-refractivity contribution < 1.29 is 22.7 Å². The minimum Gasteiger partial charge on any atom is -0.507 e. The molecule has 3 heterocycles. The Balaban J connectivity index is 1.28. The van der Waals surface area contributed by atoms with Gasteiger partial charge in [-0.15, -0.1) is 0 Å². The fourth-order valence-electron chi connectivity index (χ4n) is 6.05. The van der Waals surface area contributed by atoms with Crippen LogP contribution in [0.1, 0.15) is 74.2 Å². The fourth-order valence-corrected chi connectivity index (χ4v) is 6.99. The summed E-state index contributed by atoms with van der Waals surface area (Å²) >= 11 is 0. The zero-order valence-corrected chi connectivity index (χ0v) is 24.3. The van der Waals surface area contributed by atoms with Crippen molar-refractivity contribution in [2.24, 2.45) is 11.8 Å². The van der Waals surface area contributed by atoms with Gasteiger partial charge in [-0.2, -0.15) is 8.42 Å². The van der Waals surface area contributed by atoms with Crippen LogP contribution >= 0.6 is 0 Å². The van der Waals surface area contributed by atoms with Crippen molar-refractivity contribution in [2.45, 2.75) is 62.4 Å². The normalized spacial score (nSPS) is 17.6. The van der Waals surface area contributed by atoms with Crippen LogP contribution in [0.5, 0.6) is 5.75 Å².